The number of phenols is 1. The van der Waals surface area contributed by atoms with E-state index in [1.807, 2.05) is 11.0 Å². The third-order valence-corrected chi connectivity index (χ3v) is 4.75. The molecule has 5 heteroatoms. The molecular weight excluding hydrogens is 276 g/mol. The van der Waals surface area contributed by atoms with E-state index in [1.165, 1.54) is 0 Å². The summed E-state index contributed by atoms with van der Waals surface area (Å²) in [6, 6.07) is 5.60. The molecule has 0 spiro atoms. The summed E-state index contributed by atoms with van der Waals surface area (Å²) in [4.78, 5) is 16.0. The van der Waals surface area contributed by atoms with Crippen LogP contribution < -0.4 is 0 Å². The first-order valence-corrected chi connectivity index (χ1v) is 7.46. The average Bonchev–Trinajstić information content (AvgIpc) is 2.82. The lowest BCUT2D eigenvalue weighted by atomic mass is 10.0. The van der Waals surface area contributed by atoms with Gasteiger partial charge in [-0.1, -0.05) is 11.6 Å². The lowest BCUT2D eigenvalue weighted by molar-refractivity contribution is -0.131. The van der Waals surface area contributed by atoms with Gasteiger partial charge in [-0.25, -0.2) is 0 Å². The van der Waals surface area contributed by atoms with Crippen molar-refractivity contribution in [1.82, 2.24) is 9.80 Å². The molecule has 2 saturated heterocycles. The van der Waals surface area contributed by atoms with E-state index in [0.29, 0.717) is 17.5 Å². The number of nitrogens with zero attached hydrogens (tertiary/aromatic N) is 2. The van der Waals surface area contributed by atoms with Gasteiger partial charge in [0.15, 0.2) is 0 Å². The van der Waals surface area contributed by atoms with Crippen molar-refractivity contribution in [3.63, 3.8) is 0 Å². The molecule has 2 fully saturated rings. The highest BCUT2D eigenvalue weighted by molar-refractivity contribution is 6.30. The number of carbonyl (C=O) groups is 1. The third-order valence-electron chi connectivity index (χ3n) is 4.51. The second kappa shape index (κ2) is 5.26. The Morgan fingerprint density at radius 1 is 1.40 bits per heavy atom. The van der Waals surface area contributed by atoms with Gasteiger partial charge in [-0.05, 0) is 31.5 Å². The van der Waals surface area contributed by atoms with Crippen LogP contribution in [-0.4, -0.2) is 46.5 Å². The summed E-state index contributed by atoms with van der Waals surface area (Å²) in [5.41, 5.74) is 0.857. The molecule has 2 aliphatic heterocycles. The van der Waals surface area contributed by atoms with Crippen LogP contribution in [0, 0.1) is 0 Å². The highest BCUT2D eigenvalue weighted by Gasteiger charge is 2.37. The molecule has 2 atom stereocenters. The fourth-order valence-corrected chi connectivity index (χ4v) is 3.48. The fourth-order valence-electron chi connectivity index (χ4n) is 3.30. The Morgan fingerprint density at radius 2 is 2.20 bits per heavy atom. The summed E-state index contributed by atoms with van der Waals surface area (Å²) >= 11 is 6.03. The Morgan fingerprint density at radius 3 is 3.00 bits per heavy atom. The first kappa shape index (κ1) is 13.7. The number of fused-ring (bicyclic) bond motifs is 1. The van der Waals surface area contributed by atoms with Crippen LogP contribution in [0.25, 0.3) is 0 Å². The van der Waals surface area contributed by atoms with Crippen LogP contribution >= 0.6 is 11.6 Å². The number of hydrogen-bond donors (Lipinski definition) is 1. The van der Waals surface area contributed by atoms with Gasteiger partial charge >= 0.3 is 0 Å². The highest BCUT2D eigenvalue weighted by atomic mass is 35.5. The Balaban J connectivity index is 1.76. The zero-order valence-electron chi connectivity index (χ0n) is 11.6. The van der Waals surface area contributed by atoms with Crippen LogP contribution in [0.5, 0.6) is 5.75 Å². The van der Waals surface area contributed by atoms with E-state index in [0.717, 1.165) is 31.6 Å². The van der Waals surface area contributed by atoms with Gasteiger partial charge in [-0.15, -0.1) is 0 Å². The SMILES string of the molecule is CC(c1cc(Cl)ccc1O)N1CCN2C(=O)CCC2C1. The maximum Gasteiger partial charge on any atom is 0.222 e. The van der Waals surface area contributed by atoms with E-state index in [9.17, 15) is 9.90 Å². The molecule has 1 aromatic carbocycles. The van der Waals surface area contributed by atoms with Crippen molar-refractivity contribution in [2.75, 3.05) is 19.6 Å². The summed E-state index contributed by atoms with van der Waals surface area (Å²) in [5.74, 6) is 0.569. The number of hydrogen-bond acceptors (Lipinski definition) is 3. The maximum atomic E-state index is 11.7. The van der Waals surface area contributed by atoms with E-state index in [2.05, 4.69) is 11.8 Å². The number of phenolic OH excluding ortho intramolecular Hbond substituents is 1. The van der Waals surface area contributed by atoms with Crippen molar-refractivity contribution >= 4 is 17.5 Å². The maximum absolute atomic E-state index is 11.7. The van der Waals surface area contributed by atoms with Gasteiger partial charge in [-0.2, -0.15) is 0 Å². The van der Waals surface area contributed by atoms with E-state index in [1.54, 1.807) is 12.1 Å². The minimum absolute atomic E-state index is 0.103. The van der Waals surface area contributed by atoms with E-state index in [-0.39, 0.29) is 17.7 Å². The first-order valence-electron chi connectivity index (χ1n) is 7.08. The number of amides is 1. The van der Waals surface area contributed by atoms with Crippen molar-refractivity contribution in [2.45, 2.75) is 31.8 Å². The molecule has 3 rings (SSSR count). The molecule has 0 bridgehead atoms. The Bertz CT molecular complexity index is 535. The molecule has 108 valence electrons. The first-order chi connectivity index (χ1) is 9.56. The summed E-state index contributed by atoms with van der Waals surface area (Å²) in [6.45, 7) is 4.58. The zero-order chi connectivity index (χ0) is 14.3. The molecular formula is C15H19ClN2O2. The molecule has 4 nitrogen and oxygen atoms in total. The van der Waals surface area contributed by atoms with Crippen LogP contribution in [0.1, 0.15) is 31.4 Å². The van der Waals surface area contributed by atoms with Crippen LogP contribution in [0.15, 0.2) is 18.2 Å². The summed E-state index contributed by atoms with van der Waals surface area (Å²) in [7, 11) is 0. The van der Waals surface area contributed by atoms with Gasteiger partial charge in [0.05, 0.1) is 0 Å². The topological polar surface area (TPSA) is 43.8 Å². The minimum atomic E-state index is 0.103. The van der Waals surface area contributed by atoms with Crippen LogP contribution in [-0.2, 0) is 4.79 Å². The van der Waals surface area contributed by atoms with Crippen LogP contribution in [0.4, 0.5) is 0 Å². The third kappa shape index (κ3) is 2.38. The number of halogens is 1. The number of aromatic hydroxyl groups is 1. The van der Waals surface area contributed by atoms with Crippen molar-refractivity contribution < 1.29 is 9.90 Å². The molecule has 2 heterocycles. The van der Waals surface area contributed by atoms with Crippen molar-refractivity contribution in [1.29, 1.82) is 0 Å². The Kier molecular flexibility index (Phi) is 3.61. The summed E-state index contributed by atoms with van der Waals surface area (Å²) in [6.07, 6.45) is 1.62. The number of rotatable bonds is 2. The minimum Gasteiger partial charge on any atom is -0.508 e. The quantitative estimate of drug-likeness (QED) is 0.911. The predicted octanol–water partition coefficient (Wildman–Crippen LogP) is 2.41. The highest BCUT2D eigenvalue weighted by Crippen LogP contribution is 2.33. The van der Waals surface area contributed by atoms with E-state index < -0.39 is 0 Å². The second-order valence-electron chi connectivity index (χ2n) is 5.65. The standard InChI is InChI=1S/C15H19ClN2O2/c1-10(13-8-11(16)2-4-14(13)19)17-6-7-18-12(9-17)3-5-15(18)20/h2,4,8,10,12,19H,3,5-7,9H2,1H3. The van der Waals surface area contributed by atoms with Gasteiger partial charge in [0.2, 0.25) is 5.91 Å². The lowest BCUT2D eigenvalue weighted by Gasteiger charge is -2.40. The number of piperazine rings is 1. The van der Waals surface area contributed by atoms with Gasteiger partial charge in [0, 0.05) is 48.7 Å². The molecule has 0 radical (unpaired) electrons. The van der Waals surface area contributed by atoms with E-state index >= 15 is 0 Å². The molecule has 2 unspecified atom stereocenters. The van der Waals surface area contributed by atoms with Crippen molar-refractivity contribution in [3.05, 3.63) is 28.8 Å². The summed E-state index contributed by atoms with van der Waals surface area (Å²) < 4.78 is 0. The Hall–Kier alpha value is -1.26. The molecule has 2 aliphatic rings. The van der Waals surface area contributed by atoms with Gasteiger partial charge in [0.25, 0.3) is 0 Å². The Labute approximate surface area is 123 Å². The van der Waals surface area contributed by atoms with Gasteiger partial charge < -0.3 is 10.0 Å². The van der Waals surface area contributed by atoms with Crippen LogP contribution in [0.3, 0.4) is 0 Å². The average molecular weight is 295 g/mol. The molecule has 0 aromatic heterocycles. The number of benzene rings is 1. The van der Waals surface area contributed by atoms with E-state index in [4.69, 9.17) is 11.6 Å². The lowest BCUT2D eigenvalue weighted by Crippen LogP contribution is -2.51. The van der Waals surface area contributed by atoms with Crippen molar-refractivity contribution in [3.8, 4) is 5.75 Å². The molecule has 1 aromatic rings. The summed E-state index contributed by atoms with van der Waals surface area (Å²) in [5, 5.41) is 10.7. The molecule has 20 heavy (non-hydrogen) atoms. The predicted molar refractivity (Wildman–Crippen MR) is 77.8 cm³/mol. The van der Waals surface area contributed by atoms with Gasteiger partial charge in [0.1, 0.15) is 5.75 Å². The normalized spacial score (nSPS) is 24.8. The zero-order valence-corrected chi connectivity index (χ0v) is 12.3. The molecule has 1 N–H and O–H groups in total. The second-order valence-corrected chi connectivity index (χ2v) is 6.09. The monoisotopic (exact) mass is 294 g/mol. The van der Waals surface area contributed by atoms with Crippen LogP contribution in [0.2, 0.25) is 5.02 Å². The fraction of sp³-hybridized carbons (Fsp3) is 0.533. The largest absolute Gasteiger partial charge is 0.508 e. The molecule has 0 aliphatic carbocycles. The van der Waals surface area contributed by atoms with Crippen molar-refractivity contribution in [2.24, 2.45) is 0 Å². The smallest absolute Gasteiger partial charge is 0.222 e. The number of carbonyl (C=O) groups excluding carboxylic acids is 1. The molecule has 0 saturated carbocycles. The molecule has 1 amide bonds. The van der Waals surface area contributed by atoms with Gasteiger partial charge in [-0.3, -0.25) is 9.69 Å².